The van der Waals surface area contributed by atoms with E-state index >= 15 is 0 Å². The summed E-state index contributed by atoms with van der Waals surface area (Å²) in [6.07, 6.45) is -1.87. The Bertz CT molecular complexity index is 1380. The van der Waals surface area contributed by atoms with Gasteiger partial charge >= 0.3 is 5.97 Å². The van der Waals surface area contributed by atoms with Crippen LogP contribution in [0.4, 0.5) is 0 Å². The maximum Gasteiger partial charge on any atom is 0.339 e. The van der Waals surface area contributed by atoms with Gasteiger partial charge in [0.05, 0.1) is 5.56 Å². The van der Waals surface area contributed by atoms with Crippen LogP contribution in [0.3, 0.4) is 0 Å². The van der Waals surface area contributed by atoms with Gasteiger partial charge in [-0.05, 0) is 41.0 Å². The van der Waals surface area contributed by atoms with Gasteiger partial charge in [-0.1, -0.05) is 140 Å². The monoisotopic (exact) mass is 502 g/mol. The van der Waals surface area contributed by atoms with E-state index in [9.17, 15) is 9.90 Å². The highest BCUT2D eigenvalue weighted by Crippen LogP contribution is 2.36. The standard InChI is InChI=1S/C33H27O3P/c34-31(25-15-5-1-6-16-25)32(26-17-7-2-8-18-26)36-33(35)29-23-13-14-24-30(29)37(27-19-9-3-10-20-27)28-21-11-4-12-22-28/h1-24,31-32,34H/t31-,32-/m1/s1. The summed E-state index contributed by atoms with van der Waals surface area (Å²) >= 11 is 0. The first-order valence-electron chi connectivity index (χ1n) is 12.2. The minimum absolute atomic E-state index is 0.459. The van der Waals surface area contributed by atoms with Crippen molar-refractivity contribution in [2.24, 2.45) is 0 Å². The first-order chi connectivity index (χ1) is 18.2. The second kappa shape index (κ2) is 11.8. The largest absolute Gasteiger partial charge is 0.451 e. The first kappa shape index (κ1) is 24.6. The van der Waals surface area contributed by atoms with Crippen LogP contribution in [-0.2, 0) is 4.74 Å². The zero-order valence-corrected chi connectivity index (χ0v) is 21.1. The van der Waals surface area contributed by atoms with Crippen LogP contribution in [0.15, 0.2) is 146 Å². The topological polar surface area (TPSA) is 46.5 Å². The molecule has 1 N–H and O–H groups in total. The zero-order valence-electron chi connectivity index (χ0n) is 20.2. The zero-order chi connectivity index (χ0) is 25.5. The first-order valence-corrected chi connectivity index (χ1v) is 13.5. The van der Waals surface area contributed by atoms with Crippen molar-refractivity contribution in [2.75, 3.05) is 0 Å². The molecule has 2 atom stereocenters. The Morgan fingerprint density at radius 2 is 1.00 bits per heavy atom. The second-order valence-electron chi connectivity index (χ2n) is 8.62. The van der Waals surface area contributed by atoms with Crippen molar-refractivity contribution in [3.05, 3.63) is 162 Å². The van der Waals surface area contributed by atoms with Gasteiger partial charge in [-0.3, -0.25) is 0 Å². The number of carbonyl (C=O) groups excluding carboxylic acids is 1. The Labute approximate surface area is 218 Å². The van der Waals surface area contributed by atoms with E-state index in [4.69, 9.17) is 4.74 Å². The molecule has 0 fully saturated rings. The number of benzene rings is 5. The summed E-state index contributed by atoms with van der Waals surface area (Å²) in [5.74, 6) is -0.459. The summed E-state index contributed by atoms with van der Waals surface area (Å²) < 4.78 is 6.12. The minimum Gasteiger partial charge on any atom is -0.451 e. The molecule has 5 rings (SSSR count). The molecule has 0 amide bonds. The predicted octanol–water partition coefficient (Wildman–Crippen LogP) is 6.08. The number of esters is 1. The molecule has 0 unspecified atom stereocenters. The quantitative estimate of drug-likeness (QED) is 0.207. The van der Waals surface area contributed by atoms with E-state index in [1.165, 1.54) is 0 Å². The van der Waals surface area contributed by atoms with Gasteiger partial charge in [0, 0.05) is 0 Å². The van der Waals surface area contributed by atoms with Crippen molar-refractivity contribution in [1.82, 2.24) is 0 Å². The normalized spacial score (nSPS) is 12.6. The summed E-state index contributed by atoms with van der Waals surface area (Å²) in [7, 11) is -1.00. The third-order valence-electron chi connectivity index (χ3n) is 6.18. The van der Waals surface area contributed by atoms with Gasteiger partial charge in [-0.15, -0.1) is 0 Å². The highest BCUT2D eigenvalue weighted by atomic mass is 31.1. The lowest BCUT2D eigenvalue weighted by Gasteiger charge is -2.26. The lowest BCUT2D eigenvalue weighted by atomic mass is 9.98. The van der Waals surface area contributed by atoms with Crippen LogP contribution in [0, 0.1) is 0 Å². The second-order valence-corrected chi connectivity index (χ2v) is 10.8. The molecule has 0 saturated heterocycles. The van der Waals surface area contributed by atoms with E-state index < -0.39 is 26.1 Å². The molecule has 0 radical (unpaired) electrons. The Hall–Kier alpha value is -4.04. The smallest absolute Gasteiger partial charge is 0.339 e. The highest BCUT2D eigenvalue weighted by Gasteiger charge is 2.29. The molecular weight excluding hydrogens is 475 g/mol. The Balaban J connectivity index is 1.55. The lowest BCUT2D eigenvalue weighted by Crippen LogP contribution is -2.27. The van der Waals surface area contributed by atoms with Crippen LogP contribution in [-0.4, -0.2) is 11.1 Å². The van der Waals surface area contributed by atoms with Crippen LogP contribution < -0.4 is 15.9 Å². The van der Waals surface area contributed by atoms with E-state index in [1.807, 2.05) is 121 Å². The number of rotatable bonds is 8. The molecule has 0 heterocycles. The third kappa shape index (κ3) is 5.70. The van der Waals surface area contributed by atoms with Gasteiger partial charge in [0.15, 0.2) is 6.10 Å². The number of hydrogen-bond donors (Lipinski definition) is 1. The number of carbonyl (C=O) groups is 1. The van der Waals surface area contributed by atoms with Gasteiger partial charge in [0.25, 0.3) is 0 Å². The van der Waals surface area contributed by atoms with E-state index in [0.29, 0.717) is 11.1 Å². The van der Waals surface area contributed by atoms with Crippen molar-refractivity contribution in [3.63, 3.8) is 0 Å². The molecule has 0 saturated carbocycles. The average Bonchev–Trinajstić information content (AvgIpc) is 2.98. The highest BCUT2D eigenvalue weighted by molar-refractivity contribution is 7.80. The molecule has 5 aromatic rings. The van der Waals surface area contributed by atoms with Crippen molar-refractivity contribution in [1.29, 1.82) is 0 Å². The molecule has 5 aromatic carbocycles. The molecule has 0 aliphatic heterocycles. The summed E-state index contributed by atoms with van der Waals surface area (Å²) in [5, 5.41) is 14.5. The Morgan fingerprint density at radius 1 is 0.568 bits per heavy atom. The summed E-state index contributed by atoms with van der Waals surface area (Å²) in [5.41, 5.74) is 1.92. The summed E-state index contributed by atoms with van der Waals surface area (Å²) in [6.45, 7) is 0. The van der Waals surface area contributed by atoms with Crippen molar-refractivity contribution in [3.8, 4) is 0 Å². The van der Waals surface area contributed by atoms with Crippen molar-refractivity contribution >= 4 is 29.8 Å². The molecule has 0 bridgehead atoms. The van der Waals surface area contributed by atoms with Crippen LogP contribution in [0.2, 0.25) is 0 Å². The van der Waals surface area contributed by atoms with E-state index in [0.717, 1.165) is 21.5 Å². The molecule has 0 aromatic heterocycles. The van der Waals surface area contributed by atoms with Crippen LogP contribution in [0.5, 0.6) is 0 Å². The average molecular weight is 503 g/mol. The van der Waals surface area contributed by atoms with Gasteiger partial charge in [0.2, 0.25) is 0 Å². The number of aliphatic hydroxyl groups is 1. The summed E-state index contributed by atoms with van der Waals surface area (Å²) in [6, 6.07) is 46.9. The van der Waals surface area contributed by atoms with Crippen molar-refractivity contribution in [2.45, 2.75) is 12.2 Å². The molecular formula is C33H27O3P. The van der Waals surface area contributed by atoms with E-state index in [-0.39, 0.29) is 0 Å². The molecule has 182 valence electrons. The SMILES string of the molecule is O=C(O[C@H](c1ccccc1)[C@H](O)c1ccccc1)c1ccccc1P(c1ccccc1)c1ccccc1. The molecule has 37 heavy (non-hydrogen) atoms. The molecule has 4 heteroatoms. The molecule has 0 aliphatic carbocycles. The fourth-order valence-electron chi connectivity index (χ4n) is 4.38. The van der Waals surface area contributed by atoms with Gasteiger partial charge in [-0.2, -0.15) is 0 Å². The van der Waals surface area contributed by atoms with Gasteiger partial charge < -0.3 is 9.84 Å². The number of aliphatic hydroxyl groups excluding tert-OH is 1. The Morgan fingerprint density at radius 3 is 1.54 bits per heavy atom. The summed E-state index contributed by atoms with van der Waals surface area (Å²) in [4.78, 5) is 13.8. The Kier molecular flexibility index (Phi) is 7.86. The van der Waals surface area contributed by atoms with E-state index in [2.05, 4.69) is 24.3 Å². The van der Waals surface area contributed by atoms with Gasteiger partial charge in [-0.25, -0.2) is 4.79 Å². The van der Waals surface area contributed by atoms with Crippen LogP contribution >= 0.6 is 7.92 Å². The van der Waals surface area contributed by atoms with Crippen LogP contribution in [0.1, 0.15) is 33.7 Å². The lowest BCUT2D eigenvalue weighted by molar-refractivity contribution is -0.0208. The number of hydrogen-bond acceptors (Lipinski definition) is 3. The molecule has 0 aliphatic rings. The van der Waals surface area contributed by atoms with Gasteiger partial charge in [0.1, 0.15) is 6.10 Å². The van der Waals surface area contributed by atoms with E-state index in [1.54, 1.807) is 0 Å². The fraction of sp³-hybridized carbons (Fsp3) is 0.0606. The van der Waals surface area contributed by atoms with Crippen LogP contribution in [0.25, 0.3) is 0 Å². The molecule has 3 nitrogen and oxygen atoms in total. The molecule has 0 spiro atoms. The maximum atomic E-state index is 13.8. The minimum atomic E-state index is -1.01. The fourth-order valence-corrected chi connectivity index (χ4v) is 6.82. The van der Waals surface area contributed by atoms with Crippen molar-refractivity contribution < 1.29 is 14.6 Å². The maximum absolute atomic E-state index is 13.8. The predicted molar refractivity (Wildman–Crippen MR) is 151 cm³/mol. The third-order valence-corrected chi connectivity index (χ3v) is 8.68. The number of ether oxygens (including phenoxy) is 1.